The molecule has 9 heteroatoms. The molecule has 2 heterocycles. The van der Waals surface area contributed by atoms with Gasteiger partial charge >= 0.3 is 11.9 Å². The highest BCUT2D eigenvalue weighted by Gasteiger charge is 2.36. The number of aromatic nitrogens is 1. The predicted octanol–water partition coefficient (Wildman–Crippen LogP) is -0.0263. The molecule has 2 rings (SSSR count). The van der Waals surface area contributed by atoms with E-state index in [2.05, 4.69) is 10.3 Å². The highest BCUT2D eigenvalue weighted by atomic mass is 16.4. The van der Waals surface area contributed by atoms with Crippen molar-refractivity contribution in [3.05, 3.63) is 29.6 Å². The van der Waals surface area contributed by atoms with Crippen LogP contribution in [0.15, 0.2) is 18.2 Å². The summed E-state index contributed by atoms with van der Waals surface area (Å²) in [6, 6.07) is 2.11. The Balaban J connectivity index is 2.06. The molecule has 1 aliphatic heterocycles. The summed E-state index contributed by atoms with van der Waals surface area (Å²) >= 11 is 0. The second-order valence-corrected chi connectivity index (χ2v) is 5.44. The largest absolute Gasteiger partial charge is 0.480 e. The zero-order valence-corrected chi connectivity index (χ0v) is 12.9. The highest BCUT2D eigenvalue weighted by molar-refractivity contribution is 5.97. The van der Waals surface area contributed by atoms with E-state index in [0.717, 1.165) is 0 Å². The van der Waals surface area contributed by atoms with Gasteiger partial charge in [0.25, 0.3) is 5.91 Å². The maximum absolute atomic E-state index is 12.3. The average molecular weight is 335 g/mol. The summed E-state index contributed by atoms with van der Waals surface area (Å²) in [7, 11) is 0. The number of carboxylic acid groups (broad SMARTS) is 2. The van der Waals surface area contributed by atoms with Gasteiger partial charge in [0, 0.05) is 6.54 Å². The van der Waals surface area contributed by atoms with Crippen molar-refractivity contribution >= 4 is 23.8 Å². The number of carboxylic acids is 2. The van der Waals surface area contributed by atoms with Crippen LogP contribution in [0.1, 0.15) is 40.7 Å². The molecule has 1 aliphatic rings. The summed E-state index contributed by atoms with van der Waals surface area (Å²) in [4.78, 5) is 51.4. The molecular formula is C15H17N3O6. The van der Waals surface area contributed by atoms with Crippen molar-refractivity contribution in [1.82, 2.24) is 15.2 Å². The number of nitrogens with one attached hydrogen (secondary N) is 1. The van der Waals surface area contributed by atoms with Crippen LogP contribution in [0, 0.1) is 0 Å². The molecule has 128 valence electrons. The maximum atomic E-state index is 12.3. The van der Waals surface area contributed by atoms with E-state index in [0.29, 0.717) is 19.4 Å². The van der Waals surface area contributed by atoms with Crippen LogP contribution in [-0.4, -0.2) is 62.5 Å². The fourth-order valence-corrected chi connectivity index (χ4v) is 2.55. The Morgan fingerprint density at radius 3 is 2.54 bits per heavy atom. The van der Waals surface area contributed by atoms with Gasteiger partial charge in [0.1, 0.15) is 23.5 Å². The molecule has 0 radical (unpaired) electrons. The molecule has 2 amide bonds. The van der Waals surface area contributed by atoms with E-state index < -0.39 is 35.8 Å². The predicted molar refractivity (Wildman–Crippen MR) is 80.5 cm³/mol. The van der Waals surface area contributed by atoms with Crippen molar-refractivity contribution in [1.29, 1.82) is 0 Å². The van der Waals surface area contributed by atoms with E-state index in [9.17, 15) is 19.2 Å². The molecule has 0 aromatic carbocycles. The number of hydrogen-bond donors (Lipinski definition) is 3. The van der Waals surface area contributed by atoms with Gasteiger partial charge in [-0.15, -0.1) is 0 Å². The molecule has 0 bridgehead atoms. The first-order chi connectivity index (χ1) is 11.3. The van der Waals surface area contributed by atoms with Crippen molar-refractivity contribution in [2.24, 2.45) is 0 Å². The van der Waals surface area contributed by atoms with Gasteiger partial charge in [-0.3, -0.25) is 9.59 Å². The Bertz CT molecular complexity index is 690. The number of pyridine rings is 1. The molecule has 1 aromatic rings. The van der Waals surface area contributed by atoms with Crippen molar-refractivity contribution in [3.63, 3.8) is 0 Å². The lowest BCUT2D eigenvalue weighted by Crippen LogP contribution is -2.50. The molecule has 1 saturated heterocycles. The van der Waals surface area contributed by atoms with Crippen LogP contribution in [0.4, 0.5) is 0 Å². The van der Waals surface area contributed by atoms with E-state index in [1.807, 2.05) is 0 Å². The summed E-state index contributed by atoms with van der Waals surface area (Å²) in [6.07, 6.45) is 0.968. The molecule has 0 unspecified atom stereocenters. The van der Waals surface area contributed by atoms with Gasteiger partial charge < -0.3 is 20.4 Å². The summed E-state index contributed by atoms with van der Waals surface area (Å²) in [5.41, 5.74) is -0.419. The van der Waals surface area contributed by atoms with Crippen LogP contribution >= 0.6 is 0 Å². The van der Waals surface area contributed by atoms with Gasteiger partial charge in [0.2, 0.25) is 5.91 Å². The first-order valence-corrected chi connectivity index (χ1v) is 7.35. The van der Waals surface area contributed by atoms with Gasteiger partial charge in [-0.05, 0) is 31.9 Å². The monoisotopic (exact) mass is 335 g/mol. The molecule has 2 atom stereocenters. The SMILES string of the molecule is C[C@H](NC(=O)c1cccc(C(=O)O)n1)C(=O)N1CCC[C@H]1C(=O)O. The minimum absolute atomic E-state index is 0.134. The molecule has 0 saturated carbocycles. The molecule has 3 N–H and O–H groups in total. The summed E-state index contributed by atoms with van der Waals surface area (Å²) in [6.45, 7) is 1.77. The minimum atomic E-state index is -1.27. The Kier molecular flexibility index (Phi) is 5.12. The second-order valence-electron chi connectivity index (χ2n) is 5.44. The van der Waals surface area contributed by atoms with Crippen molar-refractivity contribution < 1.29 is 29.4 Å². The van der Waals surface area contributed by atoms with E-state index in [4.69, 9.17) is 10.2 Å². The van der Waals surface area contributed by atoms with Crippen LogP contribution in [0.2, 0.25) is 0 Å². The van der Waals surface area contributed by atoms with E-state index in [1.54, 1.807) is 0 Å². The van der Waals surface area contributed by atoms with Crippen LogP contribution < -0.4 is 5.32 Å². The molecule has 24 heavy (non-hydrogen) atoms. The first-order valence-electron chi connectivity index (χ1n) is 7.35. The number of hydrogen-bond acceptors (Lipinski definition) is 5. The minimum Gasteiger partial charge on any atom is -0.480 e. The van der Waals surface area contributed by atoms with E-state index in [-0.39, 0.29) is 11.4 Å². The fraction of sp³-hybridized carbons (Fsp3) is 0.400. The van der Waals surface area contributed by atoms with Gasteiger partial charge in [-0.1, -0.05) is 6.07 Å². The normalized spacial score (nSPS) is 18.0. The van der Waals surface area contributed by atoms with E-state index in [1.165, 1.54) is 30.0 Å². The number of nitrogens with zero attached hydrogens (tertiary/aromatic N) is 2. The lowest BCUT2D eigenvalue weighted by molar-refractivity contribution is -0.148. The smallest absolute Gasteiger partial charge is 0.354 e. The van der Waals surface area contributed by atoms with Gasteiger partial charge in [0.15, 0.2) is 0 Å². The molecular weight excluding hydrogens is 318 g/mol. The Hall–Kier alpha value is -2.97. The lowest BCUT2D eigenvalue weighted by Gasteiger charge is -2.25. The summed E-state index contributed by atoms with van der Waals surface area (Å²) in [5.74, 6) is -3.54. The third-order valence-corrected chi connectivity index (χ3v) is 3.74. The third-order valence-electron chi connectivity index (χ3n) is 3.74. The highest BCUT2D eigenvalue weighted by Crippen LogP contribution is 2.18. The number of likely N-dealkylation sites (tertiary alicyclic amines) is 1. The van der Waals surface area contributed by atoms with Gasteiger partial charge in [0.05, 0.1) is 0 Å². The lowest BCUT2D eigenvalue weighted by atomic mass is 10.2. The van der Waals surface area contributed by atoms with Crippen LogP contribution in [-0.2, 0) is 9.59 Å². The standard InChI is InChI=1S/C15H17N3O6/c1-8(13(20)18-7-3-6-11(18)15(23)24)16-12(19)9-4-2-5-10(17-9)14(21)22/h2,4-5,8,11H,3,6-7H2,1H3,(H,16,19)(H,21,22)(H,23,24)/t8-,11-/m0/s1. The van der Waals surface area contributed by atoms with E-state index >= 15 is 0 Å². The van der Waals surface area contributed by atoms with Crippen LogP contribution in [0.5, 0.6) is 0 Å². The number of aliphatic carboxylic acids is 1. The van der Waals surface area contributed by atoms with Crippen molar-refractivity contribution in [2.45, 2.75) is 31.8 Å². The second kappa shape index (κ2) is 7.07. The summed E-state index contributed by atoms with van der Waals surface area (Å²) < 4.78 is 0. The third kappa shape index (κ3) is 3.67. The number of carbonyl (C=O) groups is 4. The number of carbonyl (C=O) groups excluding carboxylic acids is 2. The van der Waals surface area contributed by atoms with Crippen LogP contribution in [0.3, 0.4) is 0 Å². The fourth-order valence-electron chi connectivity index (χ4n) is 2.55. The molecule has 1 fully saturated rings. The number of aromatic carboxylic acids is 1. The number of amides is 2. The quantitative estimate of drug-likeness (QED) is 0.687. The zero-order chi connectivity index (χ0) is 17.9. The number of rotatable bonds is 5. The van der Waals surface area contributed by atoms with Gasteiger partial charge in [-0.2, -0.15) is 0 Å². The Labute approximate surface area is 137 Å². The van der Waals surface area contributed by atoms with Crippen molar-refractivity contribution in [3.8, 4) is 0 Å². The molecule has 1 aromatic heterocycles. The Morgan fingerprint density at radius 1 is 1.25 bits per heavy atom. The molecule has 0 aliphatic carbocycles. The average Bonchev–Trinajstić information content (AvgIpc) is 3.03. The maximum Gasteiger partial charge on any atom is 0.354 e. The Morgan fingerprint density at radius 2 is 1.92 bits per heavy atom. The molecule has 0 spiro atoms. The topological polar surface area (TPSA) is 137 Å². The zero-order valence-electron chi connectivity index (χ0n) is 12.9. The van der Waals surface area contributed by atoms with Gasteiger partial charge in [-0.25, -0.2) is 14.6 Å². The molecule has 9 nitrogen and oxygen atoms in total. The first kappa shape index (κ1) is 17.4. The summed E-state index contributed by atoms with van der Waals surface area (Å²) in [5, 5.41) is 20.4. The van der Waals surface area contributed by atoms with Crippen LogP contribution in [0.25, 0.3) is 0 Å². The van der Waals surface area contributed by atoms with Crippen molar-refractivity contribution in [2.75, 3.05) is 6.54 Å².